The number of nitrogen functional groups attached to an aromatic ring is 1. The van der Waals surface area contributed by atoms with Crippen LogP contribution in [0.3, 0.4) is 0 Å². The monoisotopic (exact) mass is 572 g/mol. The molecule has 0 saturated carbocycles. The highest BCUT2D eigenvalue weighted by Gasteiger charge is 2.26. The molecule has 2 aliphatic rings. The largest absolute Gasteiger partial charge is 0.462 e. The van der Waals surface area contributed by atoms with Crippen LogP contribution >= 0.6 is 34.5 Å². The number of nitrogens with zero attached hydrogens (tertiary/aromatic N) is 5. The summed E-state index contributed by atoms with van der Waals surface area (Å²) in [5.41, 5.74) is 7.53. The van der Waals surface area contributed by atoms with Crippen LogP contribution in [0.25, 0.3) is 32.2 Å². The maximum atomic E-state index is 16.5. The molecule has 38 heavy (non-hydrogen) atoms. The number of hydrogen-bond acceptors (Lipinski definition) is 8. The number of hydrogen-bond donors (Lipinski definition) is 1. The van der Waals surface area contributed by atoms with Crippen LogP contribution < -0.4 is 15.4 Å². The Balaban J connectivity index is 1.51. The van der Waals surface area contributed by atoms with E-state index in [1.54, 1.807) is 12.1 Å². The van der Waals surface area contributed by atoms with Crippen molar-refractivity contribution in [2.24, 2.45) is 0 Å². The topological polar surface area (TPSA) is 80.4 Å². The minimum Gasteiger partial charge on any atom is -0.462 e. The standard InChI is InChI=1S/C27H27Cl2FN6OS/c1-35-10-4-6-16(35)14-37-27-33-24-18(25(34-27)36-11-3-5-15(28)9-12-36)13-19(29)21(22(24)30)17-7-2-8-20-23(17)32-26(31)38-20/h2,7-9,13,16H,3-6,10-12,14H2,1H3,(H2,31,32)/t16-/m0/s1. The van der Waals surface area contributed by atoms with Gasteiger partial charge in [-0.2, -0.15) is 9.97 Å². The summed E-state index contributed by atoms with van der Waals surface area (Å²) >= 11 is 14.5. The quantitative estimate of drug-likeness (QED) is 0.293. The fourth-order valence-electron chi connectivity index (χ4n) is 5.27. The molecule has 4 aromatic rings. The van der Waals surface area contributed by atoms with E-state index in [4.69, 9.17) is 38.7 Å². The van der Waals surface area contributed by atoms with Gasteiger partial charge in [0.05, 0.1) is 15.2 Å². The molecular formula is C27H27Cl2FN6OS. The van der Waals surface area contributed by atoms with Crippen LogP contribution in [-0.2, 0) is 0 Å². The normalized spacial score (nSPS) is 18.8. The molecule has 11 heteroatoms. The molecule has 2 aliphatic heterocycles. The third-order valence-corrected chi connectivity index (χ3v) is 8.79. The van der Waals surface area contributed by atoms with Gasteiger partial charge in [-0.15, -0.1) is 0 Å². The molecule has 7 nitrogen and oxygen atoms in total. The van der Waals surface area contributed by atoms with Crippen LogP contribution in [0.5, 0.6) is 6.01 Å². The zero-order valence-electron chi connectivity index (χ0n) is 20.9. The van der Waals surface area contributed by atoms with Crippen LogP contribution in [0.4, 0.5) is 15.3 Å². The number of para-hydroxylation sites is 1. The Morgan fingerprint density at radius 1 is 1.16 bits per heavy atom. The first-order valence-electron chi connectivity index (χ1n) is 12.7. The summed E-state index contributed by atoms with van der Waals surface area (Å²) in [6.07, 6.45) is 5.78. The zero-order valence-corrected chi connectivity index (χ0v) is 23.2. The zero-order chi connectivity index (χ0) is 26.4. The van der Waals surface area contributed by atoms with Gasteiger partial charge in [-0.25, -0.2) is 9.37 Å². The van der Waals surface area contributed by atoms with Crippen molar-refractivity contribution in [1.82, 2.24) is 19.9 Å². The summed E-state index contributed by atoms with van der Waals surface area (Å²) in [5, 5.41) is 2.00. The highest BCUT2D eigenvalue weighted by atomic mass is 35.5. The first-order chi connectivity index (χ1) is 18.4. The Hall–Kier alpha value is -2.72. The Bertz CT molecular complexity index is 1560. The predicted molar refractivity (Wildman–Crippen MR) is 154 cm³/mol. The second-order valence-corrected chi connectivity index (χ2v) is 11.7. The van der Waals surface area contributed by atoms with Crippen molar-refractivity contribution in [2.45, 2.75) is 31.7 Å². The molecule has 0 bridgehead atoms. The van der Waals surface area contributed by atoms with Gasteiger partial charge < -0.3 is 20.3 Å². The van der Waals surface area contributed by atoms with Gasteiger partial charge in [-0.1, -0.05) is 52.7 Å². The van der Waals surface area contributed by atoms with Gasteiger partial charge in [-0.05, 0) is 51.4 Å². The molecule has 198 valence electrons. The molecule has 0 amide bonds. The van der Waals surface area contributed by atoms with E-state index in [1.807, 2.05) is 18.2 Å². The van der Waals surface area contributed by atoms with Crippen LogP contribution in [0.2, 0.25) is 5.02 Å². The van der Waals surface area contributed by atoms with Crippen molar-refractivity contribution in [1.29, 1.82) is 0 Å². The molecular weight excluding hydrogens is 546 g/mol. The van der Waals surface area contributed by atoms with Crippen molar-refractivity contribution in [3.05, 3.63) is 46.2 Å². The van der Waals surface area contributed by atoms with E-state index in [0.717, 1.165) is 42.0 Å². The number of thiazole rings is 1. The lowest BCUT2D eigenvalue weighted by molar-refractivity contribution is 0.188. The van der Waals surface area contributed by atoms with E-state index in [0.29, 0.717) is 47.1 Å². The molecule has 2 aromatic carbocycles. The first kappa shape index (κ1) is 25.6. The SMILES string of the molecule is CN1CCC[C@H]1COc1nc(N2CC=C(Cl)CCC2)c2cc(Cl)c(-c3cccc4sc(N)nc34)c(F)c2n1. The fourth-order valence-corrected chi connectivity index (χ4v) is 6.53. The van der Waals surface area contributed by atoms with Gasteiger partial charge in [0.25, 0.3) is 0 Å². The lowest BCUT2D eigenvalue weighted by atomic mass is 10.0. The van der Waals surface area contributed by atoms with E-state index in [9.17, 15) is 0 Å². The third kappa shape index (κ3) is 4.77. The van der Waals surface area contributed by atoms with E-state index >= 15 is 4.39 Å². The van der Waals surface area contributed by atoms with Gasteiger partial charge in [0.2, 0.25) is 0 Å². The van der Waals surface area contributed by atoms with Gasteiger partial charge in [0.15, 0.2) is 10.9 Å². The second-order valence-electron chi connectivity index (χ2n) is 9.77. The number of likely N-dealkylation sites (N-methyl/N-ethyl adjacent to an activating group) is 1. The average Bonchev–Trinajstić information content (AvgIpc) is 3.41. The number of nitrogens with two attached hydrogens (primary N) is 1. The molecule has 0 aliphatic carbocycles. The van der Waals surface area contributed by atoms with Crippen molar-refractivity contribution in [2.75, 3.05) is 43.9 Å². The molecule has 1 atom stereocenters. The highest BCUT2D eigenvalue weighted by molar-refractivity contribution is 7.22. The predicted octanol–water partition coefficient (Wildman–Crippen LogP) is 6.48. The second kappa shape index (κ2) is 10.4. The lowest BCUT2D eigenvalue weighted by Gasteiger charge is -2.24. The van der Waals surface area contributed by atoms with Crippen LogP contribution in [0.15, 0.2) is 35.4 Å². The number of anilines is 2. The number of likely N-dealkylation sites (tertiary alicyclic amines) is 1. The highest BCUT2D eigenvalue weighted by Crippen LogP contribution is 2.42. The van der Waals surface area contributed by atoms with E-state index in [1.165, 1.54) is 11.3 Å². The summed E-state index contributed by atoms with van der Waals surface area (Å²) < 4.78 is 23.4. The minimum atomic E-state index is -0.540. The summed E-state index contributed by atoms with van der Waals surface area (Å²) in [5.74, 6) is 0.0392. The number of fused-ring (bicyclic) bond motifs is 2. The van der Waals surface area contributed by atoms with Gasteiger partial charge in [0.1, 0.15) is 17.9 Å². The summed E-state index contributed by atoms with van der Waals surface area (Å²) in [6, 6.07) is 7.72. The van der Waals surface area contributed by atoms with Crippen molar-refractivity contribution >= 4 is 66.6 Å². The van der Waals surface area contributed by atoms with E-state index < -0.39 is 5.82 Å². The van der Waals surface area contributed by atoms with Crippen LogP contribution in [-0.4, -0.2) is 59.2 Å². The molecule has 0 spiro atoms. The maximum Gasteiger partial charge on any atom is 0.319 e. The number of halogens is 3. The molecule has 6 rings (SSSR count). The van der Waals surface area contributed by atoms with Crippen LogP contribution in [0.1, 0.15) is 25.7 Å². The smallest absolute Gasteiger partial charge is 0.319 e. The molecule has 0 radical (unpaired) electrons. The Labute approximate surface area is 234 Å². The Morgan fingerprint density at radius 2 is 2.03 bits per heavy atom. The number of aromatic nitrogens is 3. The maximum absolute atomic E-state index is 16.5. The van der Waals surface area contributed by atoms with E-state index in [-0.39, 0.29) is 28.2 Å². The Morgan fingerprint density at radius 3 is 2.84 bits per heavy atom. The van der Waals surface area contributed by atoms with Crippen molar-refractivity contribution in [3.63, 3.8) is 0 Å². The lowest BCUT2D eigenvalue weighted by Crippen LogP contribution is -2.31. The number of ether oxygens (including phenoxy) is 1. The van der Waals surface area contributed by atoms with Crippen molar-refractivity contribution < 1.29 is 9.13 Å². The fraction of sp³-hybridized carbons (Fsp3) is 0.370. The number of rotatable bonds is 5. The molecule has 0 unspecified atom stereocenters. The molecule has 2 aromatic heterocycles. The Kier molecular flexibility index (Phi) is 7.03. The molecule has 2 N–H and O–H groups in total. The summed E-state index contributed by atoms with van der Waals surface area (Å²) in [6.45, 7) is 2.73. The minimum absolute atomic E-state index is 0.149. The molecule has 1 fully saturated rings. The average molecular weight is 574 g/mol. The molecule has 4 heterocycles. The number of benzene rings is 2. The van der Waals surface area contributed by atoms with Gasteiger partial charge in [0, 0.05) is 40.7 Å². The van der Waals surface area contributed by atoms with Gasteiger partial charge >= 0.3 is 6.01 Å². The molecule has 1 saturated heterocycles. The number of allylic oxidation sites excluding steroid dienone is 1. The third-order valence-electron chi connectivity index (χ3n) is 7.30. The first-order valence-corrected chi connectivity index (χ1v) is 14.2. The van der Waals surface area contributed by atoms with E-state index in [2.05, 4.69) is 26.8 Å². The van der Waals surface area contributed by atoms with Crippen molar-refractivity contribution in [3.8, 4) is 17.1 Å². The van der Waals surface area contributed by atoms with Gasteiger partial charge in [-0.3, -0.25) is 0 Å². The summed E-state index contributed by atoms with van der Waals surface area (Å²) in [4.78, 5) is 18.1. The summed E-state index contributed by atoms with van der Waals surface area (Å²) in [7, 11) is 2.08. The van der Waals surface area contributed by atoms with Crippen LogP contribution in [0, 0.1) is 5.82 Å².